The number of hydrogen-bond acceptors (Lipinski definition) is 1. The van der Waals surface area contributed by atoms with Gasteiger partial charge in [0, 0.05) is 11.1 Å². The second-order valence-electron chi connectivity index (χ2n) is 4.06. The third kappa shape index (κ3) is 3.19. The van der Waals surface area contributed by atoms with Crippen molar-refractivity contribution in [3.05, 3.63) is 28.7 Å². The summed E-state index contributed by atoms with van der Waals surface area (Å²) in [7, 11) is -1.70. The Balaban J connectivity index is 2.99. The lowest BCUT2D eigenvalue weighted by Crippen LogP contribution is -2.49. The zero-order valence-corrected chi connectivity index (χ0v) is 13.0. The lowest BCUT2D eigenvalue weighted by molar-refractivity contribution is 0.308. The van der Waals surface area contributed by atoms with Crippen LogP contribution in [0.25, 0.3) is 0 Å². The lowest BCUT2D eigenvalue weighted by Gasteiger charge is -2.29. The SMILES string of the molecule is CCCO[Si](CC)(CC)c1cccc(Br)c1. The molecule has 1 nitrogen and oxygen atoms in total. The molecule has 1 aromatic carbocycles. The highest BCUT2D eigenvalue weighted by Gasteiger charge is 2.33. The maximum atomic E-state index is 6.24. The highest BCUT2D eigenvalue weighted by molar-refractivity contribution is 9.10. The first-order valence-corrected chi connectivity index (χ1v) is 9.20. The summed E-state index contributed by atoms with van der Waals surface area (Å²) >= 11 is 3.55. The van der Waals surface area contributed by atoms with Gasteiger partial charge in [-0.15, -0.1) is 0 Å². The Kier molecular flexibility index (Phi) is 5.73. The van der Waals surface area contributed by atoms with Crippen LogP contribution in [-0.2, 0) is 4.43 Å². The third-order valence-electron chi connectivity index (χ3n) is 3.08. The van der Waals surface area contributed by atoms with Crippen LogP contribution in [0.5, 0.6) is 0 Å². The van der Waals surface area contributed by atoms with Crippen molar-refractivity contribution in [3.63, 3.8) is 0 Å². The molecule has 0 bridgehead atoms. The molecule has 0 atom stereocenters. The standard InChI is InChI=1S/C13H21BrOSi/c1-4-10-15-16(5-2,6-3)13-9-7-8-12(14)11-13/h7-9,11H,4-6,10H2,1-3H3. The summed E-state index contributed by atoms with van der Waals surface area (Å²) in [4.78, 5) is 0. The number of rotatable bonds is 6. The van der Waals surface area contributed by atoms with Gasteiger partial charge in [0.1, 0.15) is 0 Å². The number of halogens is 1. The maximum Gasteiger partial charge on any atom is 0.223 e. The van der Waals surface area contributed by atoms with E-state index in [2.05, 4.69) is 61.0 Å². The second-order valence-corrected chi connectivity index (χ2v) is 9.24. The zero-order chi connectivity index (χ0) is 12.0. The molecule has 0 aliphatic heterocycles. The molecule has 0 heterocycles. The van der Waals surface area contributed by atoms with Gasteiger partial charge in [0.25, 0.3) is 0 Å². The van der Waals surface area contributed by atoms with Gasteiger partial charge in [-0.25, -0.2) is 0 Å². The Bertz CT molecular complexity index is 323. The van der Waals surface area contributed by atoms with E-state index < -0.39 is 8.32 Å². The van der Waals surface area contributed by atoms with Crippen LogP contribution in [0, 0.1) is 0 Å². The van der Waals surface area contributed by atoms with E-state index in [9.17, 15) is 0 Å². The first kappa shape index (κ1) is 13.9. The van der Waals surface area contributed by atoms with Gasteiger partial charge in [0.05, 0.1) is 0 Å². The molecular formula is C13H21BrOSi. The van der Waals surface area contributed by atoms with E-state index in [4.69, 9.17) is 4.43 Å². The molecule has 0 spiro atoms. The summed E-state index contributed by atoms with van der Waals surface area (Å²) in [5, 5.41) is 1.42. The molecule has 90 valence electrons. The summed E-state index contributed by atoms with van der Waals surface area (Å²) in [6.45, 7) is 7.57. The van der Waals surface area contributed by atoms with Crippen LogP contribution in [0.15, 0.2) is 28.7 Å². The summed E-state index contributed by atoms with van der Waals surface area (Å²) in [6, 6.07) is 10.9. The normalized spacial score (nSPS) is 11.8. The molecule has 3 heteroatoms. The van der Waals surface area contributed by atoms with Crippen LogP contribution in [0.2, 0.25) is 12.1 Å². The zero-order valence-electron chi connectivity index (χ0n) is 10.4. The molecule has 0 amide bonds. The Morgan fingerprint density at radius 3 is 2.38 bits per heavy atom. The van der Waals surface area contributed by atoms with Crippen molar-refractivity contribution < 1.29 is 4.43 Å². The van der Waals surface area contributed by atoms with Gasteiger partial charge in [-0.3, -0.25) is 0 Å². The van der Waals surface area contributed by atoms with Crippen LogP contribution >= 0.6 is 15.9 Å². The predicted octanol–water partition coefficient (Wildman–Crippen LogP) is 4.07. The molecule has 0 aliphatic rings. The Labute approximate surface area is 108 Å². The fourth-order valence-electron chi connectivity index (χ4n) is 2.02. The molecule has 0 unspecified atom stereocenters. The van der Waals surface area contributed by atoms with Crippen LogP contribution in [0.3, 0.4) is 0 Å². The Hall–Kier alpha value is -0.123. The summed E-state index contributed by atoms with van der Waals surface area (Å²) in [5.74, 6) is 0. The smallest absolute Gasteiger partial charge is 0.223 e. The van der Waals surface area contributed by atoms with Crippen molar-refractivity contribution in [3.8, 4) is 0 Å². The van der Waals surface area contributed by atoms with Crippen LogP contribution in [-0.4, -0.2) is 14.9 Å². The van der Waals surface area contributed by atoms with Crippen LogP contribution in [0.4, 0.5) is 0 Å². The molecule has 0 fully saturated rings. The van der Waals surface area contributed by atoms with E-state index in [-0.39, 0.29) is 0 Å². The minimum Gasteiger partial charge on any atom is -0.412 e. The molecular weight excluding hydrogens is 280 g/mol. The maximum absolute atomic E-state index is 6.24. The summed E-state index contributed by atoms with van der Waals surface area (Å²) in [6.07, 6.45) is 1.10. The molecule has 0 radical (unpaired) electrons. The van der Waals surface area contributed by atoms with E-state index in [1.165, 1.54) is 5.19 Å². The highest BCUT2D eigenvalue weighted by atomic mass is 79.9. The number of benzene rings is 1. The molecule has 0 N–H and O–H groups in total. The minimum absolute atomic E-state index is 0.889. The minimum atomic E-state index is -1.70. The van der Waals surface area contributed by atoms with Crippen molar-refractivity contribution in [1.82, 2.24) is 0 Å². The van der Waals surface area contributed by atoms with Crippen molar-refractivity contribution in [2.45, 2.75) is 39.3 Å². The van der Waals surface area contributed by atoms with Gasteiger partial charge >= 0.3 is 0 Å². The van der Waals surface area contributed by atoms with E-state index in [1.54, 1.807) is 0 Å². The first-order valence-electron chi connectivity index (χ1n) is 6.08. The quantitative estimate of drug-likeness (QED) is 0.720. The molecule has 0 saturated heterocycles. The van der Waals surface area contributed by atoms with Gasteiger partial charge in [-0.05, 0) is 35.8 Å². The van der Waals surface area contributed by atoms with E-state index in [1.807, 2.05) is 0 Å². The van der Waals surface area contributed by atoms with E-state index >= 15 is 0 Å². The van der Waals surface area contributed by atoms with Crippen molar-refractivity contribution in [2.24, 2.45) is 0 Å². The van der Waals surface area contributed by atoms with Crippen molar-refractivity contribution in [2.75, 3.05) is 6.61 Å². The molecule has 1 aromatic rings. The predicted molar refractivity (Wildman–Crippen MR) is 76.7 cm³/mol. The fourth-order valence-corrected chi connectivity index (χ4v) is 5.93. The van der Waals surface area contributed by atoms with Gasteiger partial charge < -0.3 is 4.43 Å². The summed E-state index contributed by atoms with van der Waals surface area (Å²) in [5.41, 5.74) is 0. The second kappa shape index (κ2) is 6.57. The number of hydrogen-bond donors (Lipinski definition) is 0. The Morgan fingerprint density at radius 1 is 1.19 bits per heavy atom. The molecule has 0 saturated carbocycles. The largest absolute Gasteiger partial charge is 0.412 e. The van der Waals surface area contributed by atoms with E-state index in [0.29, 0.717) is 0 Å². The lowest BCUT2D eigenvalue weighted by atomic mass is 10.4. The Morgan fingerprint density at radius 2 is 1.88 bits per heavy atom. The fraction of sp³-hybridized carbons (Fsp3) is 0.538. The van der Waals surface area contributed by atoms with Crippen molar-refractivity contribution >= 4 is 29.4 Å². The van der Waals surface area contributed by atoms with Gasteiger partial charge in [-0.1, -0.05) is 48.8 Å². The molecule has 0 aliphatic carbocycles. The van der Waals surface area contributed by atoms with Gasteiger partial charge in [0.2, 0.25) is 8.32 Å². The third-order valence-corrected chi connectivity index (χ3v) is 7.97. The highest BCUT2D eigenvalue weighted by Crippen LogP contribution is 2.19. The molecule has 0 aromatic heterocycles. The van der Waals surface area contributed by atoms with Crippen molar-refractivity contribution in [1.29, 1.82) is 0 Å². The average Bonchev–Trinajstić information content (AvgIpc) is 2.31. The molecule has 1 rings (SSSR count). The topological polar surface area (TPSA) is 9.23 Å². The summed E-state index contributed by atoms with van der Waals surface area (Å²) < 4.78 is 7.39. The van der Waals surface area contributed by atoms with Gasteiger partial charge in [-0.2, -0.15) is 0 Å². The van der Waals surface area contributed by atoms with E-state index in [0.717, 1.165) is 29.6 Å². The first-order chi connectivity index (χ1) is 7.68. The van der Waals surface area contributed by atoms with Crippen LogP contribution in [0.1, 0.15) is 27.2 Å². The van der Waals surface area contributed by atoms with Gasteiger partial charge in [0.15, 0.2) is 0 Å². The monoisotopic (exact) mass is 300 g/mol. The molecule has 16 heavy (non-hydrogen) atoms. The van der Waals surface area contributed by atoms with Crippen LogP contribution < -0.4 is 5.19 Å². The average molecular weight is 301 g/mol.